The summed E-state index contributed by atoms with van der Waals surface area (Å²) in [6, 6.07) is 76.3. The van der Waals surface area contributed by atoms with Crippen molar-refractivity contribution >= 4 is 17.1 Å². The standard InChI is InChI=1S/C66H57N/c1-63(2,3)44-30-34-52-53-35-31-45(64(4,5)6)39-59(53)66(58(52)38-44)56-28-19-26-49(43-22-13-10-14-23-43)62(56)54-37-33-47(41-60(54)66)67(61-29-18-16-24-48(61)42-20-11-9-12-21-42)46-32-36-51-50-25-15-17-27-55(50)65(7,8)57(51)40-46/h9-41H,1-8H3. The van der Waals surface area contributed by atoms with Crippen LogP contribution in [-0.2, 0) is 21.7 Å². The smallest absolute Gasteiger partial charge is 0.0726 e. The number of benzene rings is 9. The summed E-state index contributed by atoms with van der Waals surface area (Å²) in [5, 5.41) is 0. The van der Waals surface area contributed by atoms with Crippen molar-refractivity contribution in [2.75, 3.05) is 4.90 Å². The van der Waals surface area contributed by atoms with E-state index >= 15 is 0 Å². The summed E-state index contributed by atoms with van der Waals surface area (Å²) in [4.78, 5) is 2.55. The van der Waals surface area contributed by atoms with Crippen LogP contribution >= 0.6 is 0 Å². The third kappa shape index (κ3) is 6.06. The Morgan fingerprint density at radius 1 is 0.328 bits per heavy atom. The molecule has 1 nitrogen and oxygen atoms in total. The lowest BCUT2D eigenvalue weighted by Gasteiger charge is -2.34. The fourth-order valence-corrected chi connectivity index (χ4v) is 12.0. The van der Waals surface area contributed by atoms with Crippen LogP contribution in [0, 0.1) is 0 Å². The summed E-state index contributed by atoms with van der Waals surface area (Å²) in [6.07, 6.45) is 0. The van der Waals surface area contributed by atoms with Gasteiger partial charge in [-0.2, -0.15) is 0 Å². The zero-order valence-corrected chi connectivity index (χ0v) is 40.0. The highest BCUT2D eigenvalue weighted by atomic mass is 15.1. The monoisotopic (exact) mass is 863 g/mol. The lowest BCUT2D eigenvalue weighted by Crippen LogP contribution is -2.27. The summed E-state index contributed by atoms with van der Waals surface area (Å²) in [5.41, 5.74) is 26.3. The molecule has 0 unspecified atom stereocenters. The quantitative estimate of drug-likeness (QED) is 0.167. The van der Waals surface area contributed by atoms with Crippen molar-refractivity contribution in [2.45, 2.75) is 77.0 Å². The summed E-state index contributed by atoms with van der Waals surface area (Å²) < 4.78 is 0. The molecule has 9 aromatic carbocycles. The molecule has 1 spiro atoms. The Bertz CT molecular complexity index is 3380. The van der Waals surface area contributed by atoms with Gasteiger partial charge < -0.3 is 4.90 Å². The Kier molecular flexibility index (Phi) is 9.01. The van der Waals surface area contributed by atoms with Crippen molar-refractivity contribution in [2.24, 2.45) is 0 Å². The molecule has 0 radical (unpaired) electrons. The van der Waals surface area contributed by atoms with E-state index in [2.05, 4.69) is 260 Å². The first-order valence-corrected chi connectivity index (χ1v) is 24.1. The van der Waals surface area contributed by atoms with Gasteiger partial charge in [0.1, 0.15) is 0 Å². The Balaban J connectivity index is 1.19. The average Bonchev–Trinajstić information content (AvgIpc) is 3.89. The summed E-state index contributed by atoms with van der Waals surface area (Å²) in [7, 11) is 0. The first-order chi connectivity index (χ1) is 32.3. The molecular weight excluding hydrogens is 807 g/mol. The van der Waals surface area contributed by atoms with Crippen LogP contribution in [0.2, 0.25) is 0 Å². The van der Waals surface area contributed by atoms with Crippen LogP contribution in [0.1, 0.15) is 99.9 Å². The number of rotatable bonds is 5. The second-order valence-corrected chi connectivity index (χ2v) is 21.7. The Morgan fingerprint density at radius 3 is 1.37 bits per heavy atom. The SMILES string of the molecule is CC(C)(C)c1ccc2c(c1)C1(c3cc(C(C)(C)C)ccc3-2)c2cc(N(c3ccc4c(c3)C(C)(C)c3ccccc3-4)c3ccccc3-c3ccccc3)ccc2-c2c(-c3ccccc3)cccc21. The molecule has 0 N–H and O–H groups in total. The molecule has 0 atom stereocenters. The molecule has 12 rings (SSSR count). The van der Waals surface area contributed by atoms with Crippen LogP contribution in [0.4, 0.5) is 17.1 Å². The molecule has 0 saturated heterocycles. The normalized spacial score (nSPS) is 14.5. The Labute approximate surface area is 397 Å². The second-order valence-electron chi connectivity index (χ2n) is 21.7. The zero-order valence-electron chi connectivity index (χ0n) is 40.0. The topological polar surface area (TPSA) is 3.24 Å². The van der Waals surface area contributed by atoms with Crippen molar-refractivity contribution in [3.8, 4) is 55.6 Å². The number of anilines is 3. The van der Waals surface area contributed by atoms with Gasteiger partial charge in [0.25, 0.3) is 0 Å². The maximum Gasteiger partial charge on any atom is 0.0726 e. The van der Waals surface area contributed by atoms with Crippen LogP contribution in [0.5, 0.6) is 0 Å². The third-order valence-corrected chi connectivity index (χ3v) is 15.4. The third-order valence-electron chi connectivity index (χ3n) is 15.4. The highest BCUT2D eigenvalue weighted by molar-refractivity contribution is 6.02. The van der Waals surface area contributed by atoms with E-state index in [0.717, 1.165) is 17.1 Å². The minimum absolute atomic E-state index is 0.0431. The van der Waals surface area contributed by atoms with Crippen molar-refractivity contribution in [1.82, 2.24) is 0 Å². The van der Waals surface area contributed by atoms with Crippen molar-refractivity contribution < 1.29 is 0 Å². The first-order valence-electron chi connectivity index (χ1n) is 24.1. The predicted octanol–water partition coefficient (Wildman–Crippen LogP) is 17.7. The number of para-hydroxylation sites is 1. The van der Waals surface area contributed by atoms with Gasteiger partial charge >= 0.3 is 0 Å². The molecule has 0 aliphatic heterocycles. The Hall–Kier alpha value is -7.22. The predicted molar refractivity (Wildman–Crippen MR) is 283 cm³/mol. The number of hydrogen-bond donors (Lipinski definition) is 0. The lowest BCUT2D eigenvalue weighted by atomic mass is 9.68. The van der Waals surface area contributed by atoms with Gasteiger partial charge in [-0.3, -0.25) is 0 Å². The van der Waals surface area contributed by atoms with Gasteiger partial charge in [0.2, 0.25) is 0 Å². The molecule has 326 valence electrons. The van der Waals surface area contributed by atoms with Gasteiger partial charge in [0.05, 0.1) is 11.1 Å². The molecule has 0 bridgehead atoms. The molecule has 0 fully saturated rings. The van der Waals surface area contributed by atoms with E-state index in [1.54, 1.807) is 0 Å². The first kappa shape index (κ1) is 41.2. The van der Waals surface area contributed by atoms with E-state index in [4.69, 9.17) is 0 Å². The van der Waals surface area contributed by atoms with E-state index in [9.17, 15) is 0 Å². The van der Waals surface area contributed by atoms with Gasteiger partial charge in [0, 0.05) is 22.4 Å². The number of nitrogens with zero attached hydrogens (tertiary/aromatic N) is 1. The van der Waals surface area contributed by atoms with Crippen molar-refractivity contribution in [3.05, 3.63) is 245 Å². The van der Waals surface area contributed by atoms with Gasteiger partial charge in [-0.15, -0.1) is 0 Å². The van der Waals surface area contributed by atoms with E-state index in [0.29, 0.717) is 0 Å². The number of fused-ring (bicyclic) bond motifs is 13. The van der Waals surface area contributed by atoms with Gasteiger partial charge in [0.15, 0.2) is 0 Å². The van der Waals surface area contributed by atoms with Crippen LogP contribution in [-0.4, -0.2) is 0 Å². The molecule has 0 saturated carbocycles. The molecule has 0 aromatic heterocycles. The number of hydrogen-bond acceptors (Lipinski definition) is 1. The van der Waals surface area contributed by atoms with E-state index in [1.807, 2.05) is 0 Å². The highest BCUT2D eigenvalue weighted by Crippen LogP contribution is 2.65. The van der Waals surface area contributed by atoms with Crippen LogP contribution in [0.3, 0.4) is 0 Å². The largest absolute Gasteiger partial charge is 0.310 e. The minimum Gasteiger partial charge on any atom is -0.310 e. The minimum atomic E-state index is -0.579. The molecule has 0 amide bonds. The van der Waals surface area contributed by atoms with Crippen LogP contribution in [0.25, 0.3) is 55.6 Å². The van der Waals surface area contributed by atoms with E-state index in [-0.39, 0.29) is 16.2 Å². The fraction of sp³-hybridized carbons (Fsp3) is 0.182. The summed E-state index contributed by atoms with van der Waals surface area (Å²) in [6.45, 7) is 18.9. The van der Waals surface area contributed by atoms with Crippen LogP contribution in [0.15, 0.2) is 200 Å². The van der Waals surface area contributed by atoms with Gasteiger partial charge in [-0.05, 0) is 136 Å². The van der Waals surface area contributed by atoms with E-state index in [1.165, 1.54) is 100 Å². The maximum absolute atomic E-state index is 2.57. The zero-order chi connectivity index (χ0) is 46.0. The maximum atomic E-state index is 2.57. The van der Waals surface area contributed by atoms with E-state index < -0.39 is 5.41 Å². The molecular formula is C66H57N. The molecule has 67 heavy (non-hydrogen) atoms. The lowest BCUT2D eigenvalue weighted by molar-refractivity contribution is 0.586. The van der Waals surface area contributed by atoms with Gasteiger partial charge in [-0.25, -0.2) is 0 Å². The highest BCUT2D eigenvalue weighted by Gasteiger charge is 2.53. The molecule has 3 aliphatic rings. The average molecular weight is 864 g/mol. The van der Waals surface area contributed by atoms with Gasteiger partial charge in [-0.1, -0.05) is 225 Å². The summed E-state index contributed by atoms with van der Waals surface area (Å²) >= 11 is 0. The molecule has 9 aromatic rings. The van der Waals surface area contributed by atoms with Crippen molar-refractivity contribution in [1.29, 1.82) is 0 Å². The molecule has 1 heteroatoms. The fourth-order valence-electron chi connectivity index (χ4n) is 12.0. The van der Waals surface area contributed by atoms with Crippen molar-refractivity contribution in [3.63, 3.8) is 0 Å². The second kappa shape index (κ2) is 14.6. The molecule has 0 heterocycles. The van der Waals surface area contributed by atoms with Crippen LogP contribution < -0.4 is 4.90 Å². The Morgan fingerprint density at radius 2 is 0.761 bits per heavy atom. The summed E-state index contributed by atoms with van der Waals surface area (Å²) in [5.74, 6) is 0. The molecule has 3 aliphatic carbocycles.